The van der Waals surface area contributed by atoms with E-state index < -0.39 is 0 Å². The Morgan fingerprint density at radius 2 is 2.22 bits per heavy atom. The van der Waals surface area contributed by atoms with Crippen LogP contribution in [0.1, 0.15) is 10.4 Å². The molecule has 0 saturated carbocycles. The maximum atomic E-state index is 12.3. The third-order valence-corrected chi connectivity index (χ3v) is 5.18. The van der Waals surface area contributed by atoms with Gasteiger partial charge in [0.05, 0.1) is 21.4 Å². The molecule has 0 spiro atoms. The van der Waals surface area contributed by atoms with Crippen molar-refractivity contribution in [2.75, 3.05) is 18.4 Å². The van der Waals surface area contributed by atoms with Crippen LogP contribution in [-0.2, 0) is 11.3 Å². The summed E-state index contributed by atoms with van der Waals surface area (Å²) in [4.78, 5) is 14.6. The molecule has 0 aliphatic rings. The van der Waals surface area contributed by atoms with Gasteiger partial charge in [0.15, 0.2) is 6.54 Å². The molecule has 0 aliphatic carbocycles. The zero-order valence-electron chi connectivity index (χ0n) is 12.9. The lowest BCUT2D eigenvalue weighted by Crippen LogP contribution is -3.11. The Kier molecular flexibility index (Phi) is 6.84. The number of carbonyl (C=O) groups excluding carboxylic acids is 1. The second kappa shape index (κ2) is 8.64. The van der Waals surface area contributed by atoms with Gasteiger partial charge in [-0.15, -0.1) is 11.3 Å². The fourth-order valence-corrected chi connectivity index (χ4v) is 4.00. The molecule has 0 bridgehead atoms. The standard InChI is InChI=1S/C17H18BrClN2OS/c1-3-8-21(10-13-5-7-16(19)23-13)11-17(22)20-15-6-4-12(2)9-14(15)18/h3-7,9H,1,8,10-11H2,2H3,(H,20,22)/p+1. The van der Waals surface area contributed by atoms with Crippen LogP contribution in [0.3, 0.4) is 0 Å². The van der Waals surface area contributed by atoms with Crippen molar-refractivity contribution in [3.8, 4) is 0 Å². The molecule has 2 aromatic rings. The summed E-state index contributed by atoms with van der Waals surface area (Å²) >= 11 is 11.0. The lowest BCUT2D eigenvalue weighted by molar-refractivity contribution is -0.899. The van der Waals surface area contributed by atoms with E-state index in [2.05, 4.69) is 27.8 Å². The number of nitrogens with one attached hydrogen (secondary N) is 2. The number of thiophene rings is 1. The minimum absolute atomic E-state index is 0.0194. The van der Waals surface area contributed by atoms with E-state index in [4.69, 9.17) is 11.6 Å². The first kappa shape index (κ1) is 18.2. The molecular formula is C17H19BrClN2OS+. The summed E-state index contributed by atoms with van der Waals surface area (Å²) in [5.74, 6) is -0.0194. The fourth-order valence-electron chi connectivity index (χ4n) is 2.25. The SMILES string of the molecule is C=CC[NH+](CC(=O)Nc1ccc(C)cc1Br)Cc1ccc(Cl)s1. The van der Waals surface area contributed by atoms with E-state index in [-0.39, 0.29) is 5.91 Å². The van der Waals surface area contributed by atoms with E-state index in [9.17, 15) is 4.79 Å². The van der Waals surface area contributed by atoms with Crippen molar-refractivity contribution in [1.82, 2.24) is 0 Å². The largest absolute Gasteiger partial charge is 0.320 e. The first-order valence-corrected chi connectivity index (χ1v) is 9.21. The number of carbonyl (C=O) groups is 1. The number of hydrogen-bond donors (Lipinski definition) is 2. The molecule has 3 nitrogen and oxygen atoms in total. The van der Waals surface area contributed by atoms with Crippen LogP contribution in [0.5, 0.6) is 0 Å². The quantitative estimate of drug-likeness (QED) is 0.666. The number of rotatable bonds is 7. The van der Waals surface area contributed by atoms with Crippen LogP contribution in [0.2, 0.25) is 4.34 Å². The smallest absolute Gasteiger partial charge is 0.279 e. The Morgan fingerprint density at radius 1 is 1.43 bits per heavy atom. The van der Waals surface area contributed by atoms with E-state index in [1.807, 2.05) is 43.3 Å². The van der Waals surface area contributed by atoms with Gasteiger partial charge in [0.1, 0.15) is 6.54 Å². The van der Waals surface area contributed by atoms with Crippen molar-refractivity contribution in [3.63, 3.8) is 0 Å². The van der Waals surface area contributed by atoms with Crippen LogP contribution in [0.4, 0.5) is 5.69 Å². The number of quaternary nitrogens is 1. The first-order chi connectivity index (χ1) is 11.0. The Hall–Kier alpha value is -1.14. The van der Waals surface area contributed by atoms with Gasteiger partial charge in [0.25, 0.3) is 5.91 Å². The molecule has 2 N–H and O–H groups in total. The van der Waals surface area contributed by atoms with Crippen molar-refractivity contribution in [1.29, 1.82) is 0 Å². The molecule has 0 radical (unpaired) electrons. The van der Waals surface area contributed by atoms with Gasteiger partial charge >= 0.3 is 0 Å². The van der Waals surface area contributed by atoms with Gasteiger partial charge in [0, 0.05) is 4.47 Å². The van der Waals surface area contributed by atoms with Gasteiger partial charge < -0.3 is 10.2 Å². The van der Waals surface area contributed by atoms with Crippen LogP contribution in [0, 0.1) is 6.92 Å². The summed E-state index contributed by atoms with van der Waals surface area (Å²) in [7, 11) is 0. The highest BCUT2D eigenvalue weighted by molar-refractivity contribution is 9.10. The molecule has 1 amide bonds. The average Bonchev–Trinajstić information content (AvgIpc) is 2.87. The Morgan fingerprint density at radius 3 is 2.83 bits per heavy atom. The van der Waals surface area contributed by atoms with Crippen LogP contribution in [0.15, 0.2) is 47.5 Å². The van der Waals surface area contributed by atoms with Crippen LogP contribution in [0.25, 0.3) is 0 Å². The molecule has 122 valence electrons. The van der Waals surface area contributed by atoms with E-state index in [0.717, 1.165) is 42.9 Å². The number of halogens is 2. The van der Waals surface area contributed by atoms with E-state index in [1.54, 1.807) is 11.3 Å². The zero-order valence-corrected chi connectivity index (χ0v) is 16.0. The second-order valence-corrected chi connectivity index (χ2v) is 7.99. The summed E-state index contributed by atoms with van der Waals surface area (Å²) in [6.45, 7) is 7.65. The summed E-state index contributed by atoms with van der Waals surface area (Å²) in [5, 5.41) is 2.95. The number of anilines is 1. The van der Waals surface area contributed by atoms with Crippen molar-refractivity contribution < 1.29 is 9.69 Å². The highest BCUT2D eigenvalue weighted by Crippen LogP contribution is 2.23. The van der Waals surface area contributed by atoms with Gasteiger partial charge in [-0.1, -0.05) is 24.2 Å². The van der Waals surface area contributed by atoms with Crippen molar-refractivity contribution >= 4 is 50.5 Å². The fraction of sp³-hybridized carbons (Fsp3) is 0.235. The predicted octanol–water partition coefficient (Wildman–Crippen LogP) is 3.68. The predicted molar refractivity (Wildman–Crippen MR) is 101 cm³/mol. The van der Waals surface area contributed by atoms with Gasteiger partial charge in [0.2, 0.25) is 0 Å². The normalized spacial score (nSPS) is 12.0. The number of aryl methyl sites for hydroxylation is 1. The van der Waals surface area contributed by atoms with Crippen LogP contribution >= 0.6 is 38.9 Å². The zero-order chi connectivity index (χ0) is 16.8. The third kappa shape index (κ3) is 5.77. The maximum Gasteiger partial charge on any atom is 0.279 e. The van der Waals surface area contributed by atoms with Crippen molar-refractivity contribution in [3.05, 3.63) is 62.2 Å². The van der Waals surface area contributed by atoms with Gasteiger partial charge in [-0.05, 0) is 58.8 Å². The monoisotopic (exact) mass is 413 g/mol. The number of benzene rings is 1. The highest BCUT2D eigenvalue weighted by Gasteiger charge is 2.16. The van der Waals surface area contributed by atoms with Crippen molar-refractivity contribution in [2.45, 2.75) is 13.5 Å². The average molecular weight is 415 g/mol. The van der Waals surface area contributed by atoms with E-state index in [1.165, 1.54) is 0 Å². The van der Waals surface area contributed by atoms with Crippen molar-refractivity contribution in [2.24, 2.45) is 0 Å². The third-order valence-electron chi connectivity index (χ3n) is 3.30. The molecule has 1 aromatic carbocycles. The first-order valence-electron chi connectivity index (χ1n) is 7.22. The van der Waals surface area contributed by atoms with Gasteiger partial charge in [-0.3, -0.25) is 4.79 Å². The molecule has 0 saturated heterocycles. The van der Waals surface area contributed by atoms with E-state index >= 15 is 0 Å². The molecular weight excluding hydrogens is 396 g/mol. The Balaban J connectivity index is 1.98. The molecule has 23 heavy (non-hydrogen) atoms. The topological polar surface area (TPSA) is 33.5 Å². The molecule has 1 aromatic heterocycles. The second-order valence-electron chi connectivity index (χ2n) is 5.33. The van der Waals surface area contributed by atoms with Gasteiger partial charge in [-0.2, -0.15) is 0 Å². The Bertz CT molecular complexity index is 702. The summed E-state index contributed by atoms with van der Waals surface area (Å²) in [6.07, 6.45) is 1.83. The molecule has 0 aliphatic heterocycles. The number of amides is 1. The molecule has 1 atom stereocenters. The maximum absolute atomic E-state index is 12.3. The summed E-state index contributed by atoms with van der Waals surface area (Å²) in [5.41, 5.74) is 1.93. The number of hydrogen-bond acceptors (Lipinski definition) is 2. The Labute approximate surface area is 154 Å². The van der Waals surface area contributed by atoms with Gasteiger partial charge in [-0.25, -0.2) is 0 Å². The molecule has 1 heterocycles. The molecule has 1 unspecified atom stereocenters. The summed E-state index contributed by atoms with van der Waals surface area (Å²) in [6, 6.07) is 9.75. The minimum Gasteiger partial charge on any atom is -0.320 e. The van der Waals surface area contributed by atoms with Crippen LogP contribution < -0.4 is 10.2 Å². The summed E-state index contributed by atoms with van der Waals surface area (Å²) < 4.78 is 1.66. The lowest BCUT2D eigenvalue weighted by Gasteiger charge is -2.17. The minimum atomic E-state index is -0.0194. The highest BCUT2D eigenvalue weighted by atomic mass is 79.9. The molecule has 6 heteroatoms. The molecule has 2 rings (SSSR count). The van der Waals surface area contributed by atoms with E-state index in [0.29, 0.717) is 6.54 Å². The lowest BCUT2D eigenvalue weighted by atomic mass is 10.2. The van der Waals surface area contributed by atoms with Crippen LogP contribution in [-0.4, -0.2) is 19.0 Å². The molecule has 0 fully saturated rings.